The summed E-state index contributed by atoms with van der Waals surface area (Å²) in [4.78, 5) is 6.60. The molecule has 1 aromatic carbocycles. The molecular weight excluding hydrogens is 362 g/mol. The smallest absolute Gasteiger partial charge is 0.404 e. The van der Waals surface area contributed by atoms with Gasteiger partial charge in [-0.2, -0.15) is 0 Å². The van der Waals surface area contributed by atoms with Gasteiger partial charge in [-0.1, -0.05) is 6.42 Å². The van der Waals surface area contributed by atoms with Gasteiger partial charge in [-0.15, -0.1) is 13.2 Å². The Morgan fingerprint density at radius 2 is 1.48 bits per heavy atom. The Labute approximate surface area is 157 Å². The van der Waals surface area contributed by atoms with Crippen LogP contribution in [0.15, 0.2) is 18.2 Å². The highest BCUT2D eigenvalue weighted by atomic mass is 19.4. The first-order valence-corrected chi connectivity index (χ1v) is 9.66. The lowest BCUT2D eigenvalue weighted by Gasteiger charge is -2.37. The number of halogens is 4. The Morgan fingerprint density at radius 1 is 0.852 bits per heavy atom. The molecule has 8 heteroatoms. The van der Waals surface area contributed by atoms with Crippen molar-refractivity contribution in [2.45, 2.75) is 32.0 Å². The summed E-state index contributed by atoms with van der Waals surface area (Å²) in [5.74, 6) is -0.911. The van der Waals surface area contributed by atoms with E-state index in [1.807, 2.05) is 0 Å². The quantitative estimate of drug-likeness (QED) is 0.691. The molecule has 0 unspecified atom stereocenters. The van der Waals surface area contributed by atoms with E-state index in [0.29, 0.717) is 13.1 Å². The highest BCUT2D eigenvalue weighted by Crippen LogP contribution is 2.34. The maximum absolute atomic E-state index is 13.6. The Balaban J connectivity index is 1.49. The van der Waals surface area contributed by atoms with Crippen LogP contribution in [0.4, 0.5) is 23.2 Å². The molecule has 0 radical (unpaired) electrons. The van der Waals surface area contributed by atoms with Gasteiger partial charge in [-0.3, -0.25) is 4.90 Å². The first-order valence-electron chi connectivity index (χ1n) is 9.66. The molecule has 2 heterocycles. The van der Waals surface area contributed by atoms with Crippen molar-refractivity contribution in [3.8, 4) is 5.75 Å². The van der Waals surface area contributed by atoms with E-state index in [9.17, 15) is 17.6 Å². The number of piperidine rings is 1. The van der Waals surface area contributed by atoms with Gasteiger partial charge in [-0.25, -0.2) is 4.39 Å². The summed E-state index contributed by atoms with van der Waals surface area (Å²) in [5, 5.41) is 0. The molecule has 0 aromatic heterocycles. The van der Waals surface area contributed by atoms with Crippen LogP contribution in [0.5, 0.6) is 5.75 Å². The van der Waals surface area contributed by atoms with Crippen LogP contribution in [-0.2, 0) is 0 Å². The van der Waals surface area contributed by atoms with Crippen LogP contribution in [0.2, 0.25) is 0 Å². The standard InChI is InChI=1S/C19H27F4N3O/c20-16-5-6-18(27-19(21,22)23)17(15-16)26-13-11-25(12-14-26)10-4-9-24-7-2-1-3-8-24/h5-6,15H,1-4,7-14H2. The van der Waals surface area contributed by atoms with Crippen molar-refractivity contribution in [1.29, 1.82) is 0 Å². The average molecular weight is 389 g/mol. The van der Waals surface area contributed by atoms with E-state index in [0.717, 1.165) is 50.8 Å². The van der Waals surface area contributed by atoms with Gasteiger partial charge >= 0.3 is 6.36 Å². The molecule has 4 nitrogen and oxygen atoms in total. The highest BCUT2D eigenvalue weighted by Gasteiger charge is 2.33. The molecule has 152 valence electrons. The van der Waals surface area contributed by atoms with Crippen molar-refractivity contribution in [3.63, 3.8) is 0 Å². The van der Waals surface area contributed by atoms with Crippen LogP contribution in [0, 0.1) is 5.82 Å². The molecule has 27 heavy (non-hydrogen) atoms. The zero-order chi connectivity index (χ0) is 19.3. The molecule has 0 bridgehead atoms. The monoisotopic (exact) mass is 389 g/mol. The van der Waals surface area contributed by atoms with Crippen molar-refractivity contribution in [2.24, 2.45) is 0 Å². The molecule has 1 aromatic rings. The molecule has 0 amide bonds. The van der Waals surface area contributed by atoms with Crippen molar-refractivity contribution in [2.75, 3.05) is 57.3 Å². The van der Waals surface area contributed by atoms with Crippen LogP contribution in [0.1, 0.15) is 25.7 Å². The fourth-order valence-corrected chi connectivity index (χ4v) is 3.86. The number of ether oxygens (including phenoxy) is 1. The zero-order valence-electron chi connectivity index (χ0n) is 15.5. The second kappa shape index (κ2) is 9.10. The number of alkyl halides is 3. The van der Waals surface area contributed by atoms with E-state index < -0.39 is 12.2 Å². The summed E-state index contributed by atoms with van der Waals surface area (Å²) in [7, 11) is 0. The van der Waals surface area contributed by atoms with E-state index in [4.69, 9.17) is 0 Å². The van der Waals surface area contributed by atoms with Crippen molar-refractivity contribution in [3.05, 3.63) is 24.0 Å². The first kappa shape index (κ1) is 20.2. The molecule has 0 aliphatic carbocycles. The molecule has 2 saturated heterocycles. The summed E-state index contributed by atoms with van der Waals surface area (Å²) in [6, 6.07) is 3.15. The van der Waals surface area contributed by atoms with Crippen LogP contribution >= 0.6 is 0 Å². The fourth-order valence-electron chi connectivity index (χ4n) is 3.86. The second-order valence-electron chi connectivity index (χ2n) is 7.24. The van der Waals surface area contributed by atoms with Crippen LogP contribution in [0.3, 0.4) is 0 Å². The number of anilines is 1. The number of benzene rings is 1. The molecule has 2 aliphatic rings. The van der Waals surface area contributed by atoms with E-state index in [1.165, 1.54) is 32.4 Å². The molecule has 3 rings (SSSR count). The largest absolute Gasteiger partial charge is 0.573 e. The molecule has 2 aliphatic heterocycles. The SMILES string of the molecule is Fc1ccc(OC(F)(F)F)c(N2CCN(CCCN3CCCCC3)CC2)c1. The molecule has 0 saturated carbocycles. The number of rotatable bonds is 6. The van der Waals surface area contributed by atoms with Gasteiger partial charge in [0.2, 0.25) is 0 Å². The Bertz CT molecular complexity index is 597. The van der Waals surface area contributed by atoms with E-state index in [2.05, 4.69) is 14.5 Å². The second-order valence-corrected chi connectivity index (χ2v) is 7.24. The van der Waals surface area contributed by atoms with Crippen molar-refractivity contribution < 1.29 is 22.3 Å². The number of nitrogens with zero attached hydrogens (tertiary/aromatic N) is 3. The summed E-state index contributed by atoms with van der Waals surface area (Å²) in [6.07, 6.45) is 0.215. The minimum absolute atomic E-state index is 0.167. The maximum Gasteiger partial charge on any atom is 0.573 e. The molecular formula is C19H27F4N3O. The number of hydrogen-bond donors (Lipinski definition) is 0. The minimum atomic E-state index is -4.79. The van der Waals surface area contributed by atoms with Gasteiger partial charge in [0.1, 0.15) is 5.82 Å². The summed E-state index contributed by atoms with van der Waals surface area (Å²) in [5.41, 5.74) is 0.167. The lowest BCUT2D eigenvalue weighted by Crippen LogP contribution is -2.47. The molecule has 2 fully saturated rings. The summed E-state index contributed by atoms with van der Waals surface area (Å²) in [6.45, 7) is 7.09. The van der Waals surface area contributed by atoms with Gasteiger partial charge in [0, 0.05) is 32.2 Å². The lowest BCUT2D eigenvalue weighted by atomic mass is 10.1. The van der Waals surface area contributed by atoms with Crippen molar-refractivity contribution in [1.82, 2.24) is 9.80 Å². The number of piperazine rings is 1. The van der Waals surface area contributed by atoms with Gasteiger partial charge in [0.15, 0.2) is 5.75 Å². The predicted molar refractivity (Wildman–Crippen MR) is 96.6 cm³/mol. The maximum atomic E-state index is 13.6. The summed E-state index contributed by atoms with van der Waals surface area (Å²) < 4.78 is 55.4. The molecule has 0 N–H and O–H groups in total. The molecule has 0 atom stereocenters. The third kappa shape index (κ3) is 6.24. The van der Waals surface area contributed by atoms with Crippen LogP contribution in [-0.4, -0.2) is 68.5 Å². The third-order valence-electron chi connectivity index (χ3n) is 5.26. The summed E-state index contributed by atoms with van der Waals surface area (Å²) >= 11 is 0. The van der Waals surface area contributed by atoms with E-state index in [1.54, 1.807) is 4.90 Å². The highest BCUT2D eigenvalue weighted by molar-refractivity contribution is 5.59. The van der Waals surface area contributed by atoms with Crippen LogP contribution in [0.25, 0.3) is 0 Å². The van der Waals surface area contributed by atoms with E-state index >= 15 is 0 Å². The topological polar surface area (TPSA) is 19.0 Å². The zero-order valence-corrected chi connectivity index (χ0v) is 15.5. The average Bonchev–Trinajstić information content (AvgIpc) is 2.64. The minimum Gasteiger partial charge on any atom is -0.404 e. The van der Waals surface area contributed by atoms with Gasteiger partial charge in [0.25, 0.3) is 0 Å². The van der Waals surface area contributed by atoms with E-state index in [-0.39, 0.29) is 11.4 Å². The number of likely N-dealkylation sites (tertiary alicyclic amines) is 1. The third-order valence-corrected chi connectivity index (χ3v) is 5.26. The van der Waals surface area contributed by atoms with Gasteiger partial charge in [-0.05, 0) is 57.6 Å². The Kier molecular flexibility index (Phi) is 6.81. The normalized spacial score (nSPS) is 20.1. The van der Waals surface area contributed by atoms with Gasteiger partial charge in [0.05, 0.1) is 5.69 Å². The number of hydrogen-bond acceptors (Lipinski definition) is 4. The van der Waals surface area contributed by atoms with Gasteiger partial charge < -0.3 is 14.5 Å². The molecule has 0 spiro atoms. The van der Waals surface area contributed by atoms with Crippen molar-refractivity contribution >= 4 is 5.69 Å². The fraction of sp³-hybridized carbons (Fsp3) is 0.684. The van der Waals surface area contributed by atoms with Crippen LogP contribution < -0.4 is 9.64 Å². The predicted octanol–water partition coefficient (Wildman–Crippen LogP) is 3.72. The Hall–Kier alpha value is -1.54. The Morgan fingerprint density at radius 3 is 2.11 bits per heavy atom. The first-order chi connectivity index (χ1) is 12.9. The lowest BCUT2D eigenvalue weighted by molar-refractivity contribution is -0.274.